The van der Waals surface area contributed by atoms with Crippen LogP contribution in [0.3, 0.4) is 0 Å². The minimum Gasteiger partial charge on any atom is -0.268 e. The number of hydrogen-bond donors (Lipinski definition) is 0. The van der Waals surface area contributed by atoms with Gasteiger partial charge < -0.3 is 0 Å². The number of fused-ring (bicyclic) bond motifs is 1. The van der Waals surface area contributed by atoms with Crippen LogP contribution in [0.15, 0.2) is 29.6 Å². The second kappa shape index (κ2) is 5.84. The highest BCUT2D eigenvalue weighted by molar-refractivity contribution is 7.92. The van der Waals surface area contributed by atoms with Crippen LogP contribution in [-0.2, 0) is 16.4 Å². The van der Waals surface area contributed by atoms with Crippen LogP contribution in [0.1, 0.15) is 43.8 Å². The van der Waals surface area contributed by atoms with Crippen LogP contribution in [0.4, 0.5) is 10.1 Å². The maximum atomic E-state index is 13.6. The lowest BCUT2D eigenvalue weighted by Crippen LogP contribution is -2.35. The summed E-state index contributed by atoms with van der Waals surface area (Å²) in [5, 5.41) is 4.25. The molecule has 0 radical (unpaired) electrons. The number of anilines is 1. The third kappa shape index (κ3) is 2.58. The van der Waals surface area contributed by atoms with Crippen LogP contribution in [-0.4, -0.2) is 29.7 Å². The number of aromatic nitrogens is 3. The Morgan fingerprint density at radius 3 is 2.75 bits per heavy atom. The molecule has 0 atom stereocenters. The van der Waals surface area contributed by atoms with Gasteiger partial charge in [-0.1, -0.05) is 12.8 Å². The normalized spacial score (nSPS) is 18.8. The van der Waals surface area contributed by atoms with E-state index in [1.165, 1.54) is 16.6 Å². The molecule has 1 fully saturated rings. The number of aryl methyl sites for hydroxylation is 1. The molecule has 2 aliphatic rings. The van der Waals surface area contributed by atoms with Gasteiger partial charge in [-0.25, -0.2) is 12.8 Å². The van der Waals surface area contributed by atoms with Crippen molar-refractivity contribution in [3.63, 3.8) is 0 Å². The molecule has 0 saturated heterocycles. The number of hydrogen-bond acceptors (Lipinski definition) is 4. The molecule has 0 amide bonds. The molecule has 0 bridgehead atoms. The molecule has 24 heavy (non-hydrogen) atoms. The zero-order chi connectivity index (χ0) is 16.7. The second-order valence-electron chi connectivity index (χ2n) is 6.39. The highest BCUT2D eigenvalue weighted by Crippen LogP contribution is 2.33. The monoisotopic (exact) mass is 350 g/mol. The Morgan fingerprint density at radius 2 is 1.96 bits per heavy atom. The van der Waals surface area contributed by atoms with Gasteiger partial charge in [0, 0.05) is 18.8 Å². The predicted octanol–water partition coefficient (Wildman–Crippen LogP) is 2.67. The Morgan fingerprint density at radius 1 is 1.17 bits per heavy atom. The quantitative estimate of drug-likeness (QED) is 0.853. The predicted molar refractivity (Wildman–Crippen MR) is 86.8 cm³/mol. The largest absolute Gasteiger partial charge is 0.268 e. The number of rotatable bonds is 3. The van der Waals surface area contributed by atoms with Crippen molar-refractivity contribution in [2.24, 2.45) is 0 Å². The van der Waals surface area contributed by atoms with E-state index in [9.17, 15) is 12.8 Å². The van der Waals surface area contributed by atoms with Gasteiger partial charge in [0.15, 0.2) is 0 Å². The molecule has 0 N–H and O–H groups in total. The highest BCUT2D eigenvalue weighted by atomic mass is 32.2. The summed E-state index contributed by atoms with van der Waals surface area (Å²) >= 11 is 0. The standard InChI is InChI=1S/C16H19FN4O2S/c17-12-8-16-15(18-9-12)6-3-7-21(16)24(22,23)14-10-19-20(11-14)13-4-1-2-5-13/h8-11,13H,1-7H2. The Labute approximate surface area is 140 Å². The summed E-state index contributed by atoms with van der Waals surface area (Å²) in [7, 11) is -3.76. The van der Waals surface area contributed by atoms with E-state index < -0.39 is 15.8 Å². The maximum absolute atomic E-state index is 13.6. The molecule has 1 saturated carbocycles. The van der Waals surface area contributed by atoms with Gasteiger partial charge in [-0.15, -0.1) is 0 Å². The Hall–Kier alpha value is -1.96. The SMILES string of the molecule is O=S(=O)(c1cnn(C2CCCC2)c1)N1CCCc2ncc(F)cc21. The van der Waals surface area contributed by atoms with E-state index in [2.05, 4.69) is 10.1 Å². The summed E-state index contributed by atoms with van der Waals surface area (Å²) in [5.41, 5.74) is 0.962. The number of nitrogens with zero attached hydrogens (tertiary/aromatic N) is 4. The van der Waals surface area contributed by atoms with E-state index in [4.69, 9.17) is 0 Å². The van der Waals surface area contributed by atoms with Gasteiger partial charge >= 0.3 is 0 Å². The van der Waals surface area contributed by atoms with E-state index >= 15 is 0 Å². The molecule has 0 unspecified atom stereocenters. The summed E-state index contributed by atoms with van der Waals surface area (Å²) in [5.74, 6) is -0.530. The second-order valence-corrected chi connectivity index (χ2v) is 8.26. The zero-order valence-corrected chi connectivity index (χ0v) is 14.0. The van der Waals surface area contributed by atoms with Gasteiger partial charge in [-0.2, -0.15) is 5.10 Å². The maximum Gasteiger partial charge on any atom is 0.267 e. The van der Waals surface area contributed by atoms with E-state index in [0.29, 0.717) is 30.8 Å². The summed E-state index contributed by atoms with van der Waals surface area (Å²) < 4.78 is 42.6. The fourth-order valence-electron chi connectivity index (χ4n) is 3.58. The minimum absolute atomic E-state index is 0.159. The molecule has 0 spiro atoms. The molecule has 2 aromatic rings. The first-order valence-corrected chi connectivity index (χ1v) is 9.71. The molecule has 1 aliphatic carbocycles. The minimum atomic E-state index is -3.76. The summed E-state index contributed by atoms with van der Waals surface area (Å²) in [6.07, 6.45) is 9.82. The molecule has 8 heteroatoms. The number of halogens is 1. The van der Waals surface area contributed by atoms with Gasteiger partial charge in [-0.05, 0) is 25.7 Å². The van der Waals surface area contributed by atoms with Crippen molar-refractivity contribution in [2.45, 2.75) is 49.5 Å². The van der Waals surface area contributed by atoms with Crippen molar-refractivity contribution < 1.29 is 12.8 Å². The van der Waals surface area contributed by atoms with Crippen LogP contribution in [0.5, 0.6) is 0 Å². The van der Waals surface area contributed by atoms with Crippen molar-refractivity contribution in [1.29, 1.82) is 0 Å². The van der Waals surface area contributed by atoms with Crippen molar-refractivity contribution in [1.82, 2.24) is 14.8 Å². The van der Waals surface area contributed by atoms with Crippen LogP contribution in [0, 0.1) is 5.82 Å². The number of pyridine rings is 1. The molecule has 1 aliphatic heterocycles. The lowest BCUT2D eigenvalue weighted by molar-refractivity contribution is 0.466. The Bertz CT molecular complexity index is 859. The van der Waals surface area contributed by atoms with Gasteiger partial charge in [-0.3, -0.25) is 14.0 Å². The van der Waals surface area contributed by atoms with Crippen LogP contribution in [0.2, 0.25) is 0 Å². The zero-order valence-electron chi connectivity index (χ0n) is 13.2. The summed E-state index contributed by atoms with van der Waals surface area (Å²) in [6.45, 7) is 0.328. The molecule has 128 valence electrons. The van der Waals surface area contributed by atoms with E-state index in [-0.39, 0.29) is 10.9 Å². The lowest BCUT2D eigenvalue weighted by Gasteiger charge is -2.29. The third-order valence-corrected chi connectivity index (χ3v) is 6.59. The molecule has 3 heterocycles. The Balaban J connectivity index is 1.70. The van der Waals surface area contributed by atoms with Gasteiger partial charge in [0.1, 0.15) is 10.7 Å². The van der Waals surface area contributed by atoms with Crippen LogP contribution < -0.4 is 4.31 Å². The van der Waals surface area contributed by atoms with E-state index in [1.807, 2.05) is 0 Å². The summed E-state index contributed by atoms with van der Waals surface area (Å²) in [4.78, 5) is 4.20. The molecule has 0 aromatic carbocycles. The molecular weight excluding hydrogens is 331 g/mol. The highest BCUT2D eigenvalue weighted by Gasteiger charge is 2.32. The van der Waals surface area contributed by atoms with Crippen LogP contribution >= 0.6 is 0 Å². The molecule has 6 nitrogen and oxygen atoms in total. The first-order chi connectivity index (χ1) is 11.6. The molecule has 4 rings (SSSR count). The van der Waals surface area contributed by atoms with Crippen molar-refractivity contribution in [3.8, 4) is 0 Å². The Kier molecular flexibility index (Phi) is 3.79. The van der Waals surface area contributed by atoms with Crippen molar-refractivity contribution in [2.75, 3.05) is 10.8 Å². The summed E-state index contributed by atoms with van der Waals surface area (Å²) in [6, 6.07) is 1.53. The average Bonchev–Trinajstić information content (AvgIpc) is 3.25. The van der Waals surface area contributed by atoms with Crippen molar-refractivity contribution in [3.05, 3.63) is 36.2 Å². The smallest absolute Gasteiger partial charge is 0.267 e. The van der Waals surface area contributed by atoms with Gasteiger partial charge in [0.2, 0.25) is 0 Å². The van der Waals surface area contributed by atoms with Crippen molar-refractivity contribution >= 4 is 15.7 Å². The first-order valence-electron chi connectivity index (χ1n) is 8.27. The fourth-order valence-corrected chi connectivity index (χ4v) is 5.04. The number of sulfonamides is 1. The third-order valence-electron chi connectivity index (χ3n) is 4.82. The van der Waals surface area contributed by atoms with Gasteiger partial charge in [0.25, 0.3) is 10.0 Å². The first kappa shape index (κ1) is 15.6. The van der Waals surface area contributed by atoms with Gasteiger partial charge in [0.05, 0.1) is 29.8 Å². The molecular formula is C16H19FN4O2S. The lowest BCUT2D eigenvalue weighted by atomic mass is 10.1. The fraction of sp³-hybridized carbons (Fsp3) is 0.500. The average molecular weight is 350 g/mol. The topological polar surface area (TPSA) is 68.1 Å². The van der Waals surface area contributed by atoms with E-state index in [0.717, 1.165) is 31.9 Å². The molecule has 2 aromatic heterocycles. The van der Waals surface area contributed by atoms with Crippen LogP contribution in [0.25, 0.3) is 0 Å². The van der Waals surface area contributed by atoms with E-state index in [1.54, 1.807) is 10.9 Å².